The third-order valence-corrected chi connectivity index (χ3v) is 2.61. The number of rotatable bonds is 5. The number of nitrogens with zero attached hydrogens (tertiary/aromatic N) is 4. The van der Waals surface area contributed by atoms with Gasteiger partial charge in [-0.05, 0) is 26.3 Å². The van der Waals surface area contributed by atoms with E-state index in [9.17, 15) is 0 Å². The topological polar surface area (TPSA) is 55.6 Å². The molecule has 0 aliphatic rings. The van der Waals surface area contributed by atoms with Gasteiger partial charge in [-0.25, -0.2) is 4.98 Å². The Morgan fingerprint density at radius 3 is 2.89 bits per heavy atom. The van der Waals surface area contributed by atoms with E-state index in [1.807, 2.05) is 10.7 Å². The molecule has 2 aromatic rings. The van der Waals surface area contributed by atoms with Crippen LogP contribution >= 0.6 is 0 Å². The summed E-state index contributed by atoms with van der Waals surface area (Å²) in [6, 6.07) is 2.28. The fraction of sp³-hybridized carbons (Fsp3) is 0.462. The first-order valence-electron chi connectivity index (χ1n) is 6.32. The zero-order chi connectivity index (χ0) is 13.0. The van der Waals surface area contributed by atoms with Crippen LogP contribution in [0, 0.1) is 0 Å². The van der Waals surface area contributed by atoms with E-state index in [2.05, 4.69) is 41.2 Å². The maximum absolute atomic E-state index is 4.56. The number of nitrogens with one attached hydrogen (secondary N) is 1. The Kier molecular flexibility index (Phi) is 3.92. The highest BCUT2D eigenvalue weighted by molar-refractivity contribution is 5.55. The fourth-order valence-electron chi connectivity index (χ4n) is 1.76. The molecule has 5 nitrogen and oxygen atoms in total. The van der Waals surface area contributed by atoms with Gasteiger partial charge in [0.15, 0.2) is 0 Å². The molecule has 0 spiro atoms. The van der Waals surface area contributed by atoms with E-state index in [1.165, 1.54) is 0 Å². The van der Waals surface area contributed by atoms with Gasteiger partial charge in [0.2, 0.25) is 0 Å². The molecule has 1 N–H and O–H groups in total. The second kappa shape index (κ2) is 5.62. The maximum atomic E-state index is 4.56. The molecule has 0 bridgehead atoms. The normalized spacial score (nSPS) is 10.9. The van der Waals surface area contributed by atoms with E-state index in [0.29, 0.717) is 6.04 Å². The average Bonchev–Trinajstić information content (AvgIpc) is 2.86. The SMILES string of the molecule is CCCNc1cncc(-c2ccnn2C(C)C)n1. The van der Waals surface area contributed by atoms with Crippen molar-refractivity contribution in [1.82, 2.24) is 19.7 Å². The molecule has 2 rings (SSSR count). The second-order valence-corrected chi connectivity index (χ2v) is 4.47. The van der Waals surface area contributed by atoms with E-state index in [1.54, 1.807) is 18.6 Å². The van der Waals surface area contributed by atoms with Crippen molar-refractivity contribution < 1.29 is 0 Å². The van der Waals surface area contributed by atoms with E-state index < -0.39 is 0 Å². The van der Waals surface area contributed by atoms with Crippen LogP contribution in [0.4, 0.5) is 5.82 Å². The molecule has 2 heterocycles. The van der Waals surface area contributed by atoms with E-state index in [-0.39, 0.29) is 0 Å². The molecule has 0 saturated heterocycles. The number of hydrogen-bond acceptors (Lipinski definition) is 4. The Balaban J connectivity index is 2.29. The van der Waals surface area contributed by atoms with Crippen molar-refractivity contribution in [3.05, 3.63) is 24.7 Å². The molecule has 0 radical (unpaired) electrons. The van der Waals surface area contributed by atoms with Gasteiger partial charge in [-0.3, -0.25) is 9.67 Å². The van der Waals surface area contributed by atoms with Crippen molar-refractivity contribution >= 4 is 5.82 Å². The van der Waals surface area contributed by atoms with E-state index in [0.717, 1.165) is 30.2 Å². The molecule has 0 unspecified atom stereocenters. The molecule has 0 amide bonds. The summed E-state index contributed by atoms with van der Waals surface area (Å²) < 4.78 is 1.95. The van der Waals surface area contributed by atoms with Crippen LogP contribution in [0.15, 0.2) is 24.7 Å². The zero-order valence-electron chi connectivity index (χ0n) is 11.1. The van der Waals surface area contributed by atoms with Gasteiger partial charge >= 0.3 is 0 Å². The summed E-state index contributed by atoms with van der Waals surface area (Å²) in [6.07, 6.45) is 6.38. The number of anilines is 1. The third-order valence-electron chi connectivity index (χ3n) is 2.61. The smallest absolute Gasteiger partial charge is 0.145 e. The first kappa shape index (κ1) is 12.5. The summed E-state index contributed by atoms with van der Waals surface area (Å²) in [5, 5.41) is 7.55. The van der Waals surface area contributed by atoms with Gasteiger partial charge in [0, 0.05) is 18.8 Å². The molecule has 2 aromatic heterocycles. The molecule has 0 aliphatic carbocycles. The lowest BCUT2D eigenvalue weighted by molar-refractivity contribution is 0.537. The predicted molar refractivity (Wildman–Crippen MR) is 72.4 cm³/mol. The molecular formula is C13H19N5. The van der Waals surface area contributed by atoms with Gasteiger partial charge < -0.3 is 5.32 Å². The summed E-state index contributed by atoms with van der Waals surface area (Å²) in [5.41, 5.74) is 1.85. The van der Waals surface area contributed by atoms with Crippen molar-refractivity contribution in [1.29, 1.82) is 0 Å². The second-order valence-electron chi connectivity index (χ2n) is 4.47. The van der Waals surface area contributed by atoms with Crippen molar-refractivity contribution in [3.8, 4) is 11.4 Å². The Morgan fingerprint density at radius 1 is 1.33 bits per heavy atom. The van der Waals surface area contributed by atoms with Crippen LogP contribution < -0.4 is 5.32 Å². The highest BCUT2D eigenvalue weighted by Crippen LogP contribution is 2.20. The third kappa shape index (κ3) is 2.67. The minimum Gasteiger partial charge on any atom is -0.369 e. The van der Waals surface area contributed by atoms with Crippen LogP contribution in [0.5, 0.6) is 0 Å². The number of hydrogen-bond donors (Lipinski definition) is 1. The summed E-state index contributed by atoms with van der Waals surface area (Å²) in [6.45, 7) is 7.23. The van der Waals surface area contributed by atoms with Crippen molar-refractivity contribution in [2.45, 2.75) is 33.2 Å². The quantitative estimate of drug-likeness (QED) is 0.880. The minimum absolute atomic E-state index is 0.309. The first-order chi connectivity index (χ1) is 8.72. The lowest BCUT2D eigenvalue weighted by Crippen LogP contribution is -2.07. The zero-order valence-corrected chi connectivity index (χ0v) is 11.1. The largest absolute Gasteiger partial charge is 0.369 e. The molecule has 96 valence electrons. The molecule has 5 heteroatoms. The van der Waals surface area contributed by atoms with Crippen molar-refractivity contribution in [3.63, 3.8) is 0 Å². The summed E-state index contributed by atoms with van der Waals surface area (Å²) >= 11 is 0. The predicted octanol–water partition coefficient (Wildman–Crippen LogP) is 2.74. The highest BCUT2D eigenvalue weighted by Gasteiger charge is 2.10. The van der Waals surface area contributed by atoms with Crippen LogP contribution in [0.3, 0.4) is 0 Å². The van der Waals surface area contributed by atoms with Crippen LogP contribution in [0.1, 0.15) is 33.2 Å². The Morgan fingerprint density at radius 2 is 2.17 bits per heavy atom. The average molecular weight is 245 g/mol. The lowest BCUT2D eigenvalue weighted by Gasteiger charge is -2.11. The van der Waals surface area contributed by atoms with Gasteiger partial charge in [-0.15, -0.1) is 0 Å². The monoisotopic (exact) mass is 245 g/mol. The van der Waals surface area contributed by atoms with Crippen molar-refractivity contribution in [2.24, 2.45) is 0 Å². The van der Waals surface area contributed by atoms with Gasteiger partial charge in [-0.1, -0.05) is 6.92 Å². The highest BCUT2D eigenvalue weighted by atomic mass is 15.3. The fourth-order valence-corrected chi connectivity index (χ4v) is 1.76. The summed E-state index contributed by atoms with van der Waals surface area (Å²) in [4.78, 5) is 8.79. The van der Waals surface area contributed by atoms with Gasteiger partial charge in [0.25, 0.3) is 0 Å². The molecule has 0 fully saturated rings. The van der Waals surface area contributed by atoms with E-state index >= 15 is 0 Å². The molecule has 0 saturated carbocycles. The van der Waals surface area contributed by atoms with Gasteiger partial charge in [0.1, 0.15) is 11.5 Å². The maximum Gasteiger partial charge on any atom is 0.145 e. The molecule has 18 heavy (non-hydrogen) atoms. The molecule has 0 aliphatic heterocycles. The van der Waals surface area contributed by atoms with Crippen LogP contribution in [0.25, 0.3) is 11.4 Å². The standard InChI is InChI=1S/C13H19N5/c1-4-6-15-13-9-14-8-11(17-13)12-5-7-16-18(12)10(2)3/h5,7-10H,4,6H2,1-3H3,(H,15,17). The minimum atomic E-state index is 0.309. The van der Waals surface area contributed by atoms with Gasteiger partial charge in [0.05, 0.1) is 18.1 Å². The Bertz CT molecular complexity index is 504. The number of aromatic nitrogens is 4. The van der Waals surface area contributed by atoms with E-state index in [4.69, 9.17) is 0 Å². The summed E-state index contributed by atoms with van der Waals surface area (Å²) in [7, 11) is 0. The van der Waals surface area contributed by atoms with Crippen molar-refractivity contribution in [2.75, 3.05) is 11.9 Å². The summed E-state index contributed by atoms with van der Waals surface area (Å²) in [5.74, 6) is 0.811. The Hall–Kier alpha value is -1.91. The van der Waals surface area contributed by atoms with Crippen LogP contribution in [0.2, 0.25) is 0 Å². The van der Waals surface area contributed by atoms with Crippen LogP contribution in [-0.2, 0) is 0 Å². The first-order valence-corrected chi connectivity index (χ1v) is 6.32. The Labute approximate surface area is 107 Å². The molecular weight excluding hydrogens is 226 g/mol. The lowest BCUT2D eigenvalue weighted by atomic mass is 10.3. The van der Waals surface area contributed by atoms with Crippen LogP contribution in [-0.4, -0.2) is 26.3 Å². The molecule has 0 atom stereocenters. The molecule has 0 aromatic carbocycles. The van der Waals surface area contributed by atoms with Gasteiger partial charge in [-0.2, -0.15) is 5.10 Å².